The molecule has 1 heterocycles. The lowest BCUT2D eigenvalue weighted by molar-refractivity contribution is 0.411. The Balaban J connectivity index is 2.21. The summed E-state index contributed by atoms with van der Waals surface area (Å²) < 4.78 is 5.59. The Kier molecular flexibility index (Phi) is 5.27. The highest BCUT2D eigenvalue weighted by Crippen LogP contribution is 2.25. The van der Waals surface area contributed by atoms with Gasteiger partial charge in [0.2, 0.25) is 0 Å². The van der Waals surface area contributed by atoms with Gasteiger partial charge in [0.05, 0.1) is 6.04 Å². The highest BCUT2D eigenvalue weighted by molar-refractivity contribution is 6.28. The molecule has 108 valence electrons. The van der Waals surface area contributed by atoms with E-state index in [9.17, 15) is 0 Å². The second-order valence-corrected chi connectivity index (χ2v) is 5.66. The number of rotatable bonds is 6. The van der Waals surface area contributed by atoms with Crippen LogP contribution in [0.25, 0.3) is 0 Å². The van der Waals surface area contributed by atoms with Crippen molar-refractivity contribution in [3.63, 3.8) is 0 Å². The molecule has 1 aromatic carbocycles. The van der Waals surface area contributed by atoms with Gasteiger partial charge in [0.1, 0.15) is 5.76 Å². The standard InChI is InChI=1S/C17H22ClNO/c1-4-9-19-15(16-7-8-17(18)20-16)11-14-10-12(2)5-6-13(14)3/h5-8,10,15,19H,4,9,11H2,1-3H3. The highest BCUT2D eigenvalue weighted by atomic mass is 35.5. The maximum Gasteiger partial charge on any atom is 0.193 e. The third-order valence-electron chi connectivity index (χ3n) is 3.51. The molecule has 0 fully saturated rings. The molecule has 2 aromatic rings. The third-order valence-corrected chi connectivity index (χ3v) is 3.71. The molecule has 20 heavy (non-hydrogen) atoms. The second kappa shape index (κ2) is 6.96. The summed E-state index contributed by atoms with van der Waals surface area (Å²) in [6.45, 7) is 7.41. The van der Waals surface area contributed by atoms with Crippen LogP contribution in [0.15, 0.2) is 34.7 Å². The van der Waals surface area contributed by atoms with Crippen molar-refractivity contribution in [3.8, 4) is 0 Å². The van der Waals surface area contributed by atoms with Gasteiger partial charge in [0.25, 0.3) is 0 Å². The van der Waals surface area contributed by atoms with Crippen LogP contribution >= 0.6 is 11.6 Å². The van der Waals surface area contributed by atoms with Gasteiger partial charge in [0.15, 0.2) is 5.22 Å². The fourth-order valence-electron chi connectivity index (χ4n) is 2.35. The van der Waals surface area contributed by atoms with Gasteiger partial charge >= 0.3 is 0 Å². The average molecular weight is 292 g/mol. The molecule has 1 aromatic heterocycles. The molecule has 0 bridgehead atoms. The van der Waals surface area contributed by atoms with E-state index in [-0.39, 0.29) is 6.04 Å². The van der Waals surface area contributed by atoms with Crippen molar-refractivity contribution in [1.29, 1.82) is 0 Å². The Morgan fingerprint density at radius 3 is 2.65 bits per heavy atom. The van der Waals surface area contributed by atoms with E-state index in [2.05, 4.69) is 44.3 Å². The fraction of sp³-hybridized carbons (Fsp3) is 0.412. The number of furan rings is 1. The maximum absolute atomic E-state index is 5.90. The van der Waals surface area contributed by atoms with Crippen LogP contribution in [0.4, 0.5) is 0 Å². The van der Waals surface area contributed by atoms with Crippen LogP contribution < -0.4 is 5.32 Å². The molecule has 0 aliphatic heterocycles. The van der Waals surface area contributed by atoms with Crippen LogP contribution in [0.5, 0.6) is 0 Å². The summed E-state index contributed by atoms with van der Waals surface area (Å²) in [5.41, 5.74) is 3.96. The molecular formula is C17H22ClNO. The first-order valence-corrected chi connectivity index (χ1v) is 7.52. The minimum atomic E-state index is 0.169. The molecule has 1 atom stereocenters. The molecule has 1 N–H and O–H groups in total. The van der Waals surface area contributed by atoms with Gasteiger partial charge in [-0.25, -0.2) is 0 Å². The summed E-state index contributed by atoms with van der Waals surface area (Å²) in [5.74, 6) is 0.907. The number of aryl methyl sites for hydroxylation is 2. The lowest BCUT2D eigenvalue weighted by Gasteiger charge is -2.18. The van der Waals surface area contributed by atoms with Gasteiger partial charge in [-0.1, -0.05) is 30.7 Å². The zero-order valence-electron chi connectivity index (χ0n) is 12.4. The largest absolute Gasteiger partial charge is 0.448 e. The van der Waals surface area contributed by atoms with Crippen molar-refractivity contribution in [1.82, 2.24) is 5.32 Å². The number of hydrogen-bond acceptors (Lipinski definition) is 2. The summed E-state index contributed by atoms with van der Waals surface area (Å²) in [7, 11) is 0. The fourth-order valence-corrected chi connectivity index (χ4v) is 2.50. The first-order valence-electron chi connectivity index (χ1n) is 7.15. The monoisotopic (exact) mass is 291 g/mol. The Morgan fingerprint density at radius 1 is 1.20 bits per heavy atom. The normalized spacial score (nSPS) is 12.6. The van der Waals surface area contributed by atoms with Crippen LogP contribution in [0, 0.1) is 13.8 Å². The molecule has 0 saturated carbocycles. The molecular weight excluding hydrogens is 270 g/mol. The van der Waals surface area contributed by atoms with Crippen LogP contribution in [0.1, 0.15) is 41.8 Å². The minimum Gasteiger partial charge on any atom is -0.448 e. The van der Waals surface area contributed by atoms with Crippen molar-refractivity contribution in [2.75, 3.05) is 6.54 Å². The zero-order chi connectivity index (χ0) is 14.5. The van der Waals surface area contributed by atoms with Crippen molar-refractivity contribution >= 4 is 11.6 Å². The van der Waals surface area contributed by atoms with E-state index in [1.807, 2.05) is 6.07 Å². The lowest BCUT2D eigenvalue weighted by atomic mass is 9.97. The number of benzene rings is 1. The predicted molar refractivity (Wildman–Crippen MR) is 84.4 cm³/mol. The SMILES string of the molecule is CCCNC(Cc1cc(C)ccc1C)c1ccc(Cl)o1. The summed E-state index contributed by atoms with van der Waals surface area (Å²) in [5, 5.41) is 3.99. The van der Waals surface area contributed by atoms with E-state index in [0.717, 1.165) is 25.1 Å². The molecule has 3 heteroatoms. The van der Waals surface area contributed by atoms with E-state index in [4.69, 9.17) is 16.0 Å². The minimum absolute atomic E-state index is 0.169. The van der Waals surface area contributed by atoms with Crippen molar-refractivity contribution in [2.24, 2.45) is 0 Å². The predicted octanol–water partition coefficient (Wildman–Crippen LogP) is 4.83. The molecule has 0 aliphatic carbocycles. The number of halogens is 1. The molecule has 1 unspecified atom stereocenters. The Bertz CT molecular complexity index is 562. The summed E-state index contributed by atoms with van der Waals surface area (Å²) in [6, 6.07) is 10.5. The average Bonchev–Trinajstić information content (AvgIpc) is 2.85. The topological polar surface area (TPSA) is 25.2 Å². The third kappa shape index (κ3) is 3.87. The molecule has 0 aliphatic rings. The van der Waals surface area contributed by atoms with Gasteiger partial charge < -0.3 is 9.73 Å². The van der Waals surface area contributed by atoms with Crippen LogP contribution in [-0.4, -0.2) is 6.54 Å². The molecule has 2 nitrogen and oxygen atoms in total. The number of hydrogen-bond donors (Lipinski definition) is 1. The van der Waals surface area contributed by atoms with E-state index in [0.29, 0.717) is 5.22 Å². The van der Waals surface area contributed by atoms with Crippen LogP contribution in [0.3, 0.4) is 0 Å². The summed E-state index contributed by atoms with van der Waals surface area (Å²) >= 11 is 5.90. The van der Waals surface area contributed by atoms with E-state index in [1.165, 1.54) is 16.7 Å². The van der Waals surface area contributed by atoms with E-state index >= 15 is 0 Å². The first kappa shape index (κ1) is 15.1. The van der Waals surface area contributed by atoms with Gasteiger partial charge in [0, 0.05) is 0 Å². The van der Waals surface area contributed by atoms with Gasteiger partial charge in [-0.3, -0.25) is 0 Å². The quantitative estimate of drug-likeness (QED) is 0.824. The highest BCUT2D eigenvalue weighted by Gasteiger charge is 2.16. The van der Waals surface area contributed by atoms with Crippen molar-refractivity contribution in [3.05, 3.63) is 58.0 Å². The zero-order valence-corrected chi connectivity index (χ0v) is 13.1. The molecule has 0 spiro atoms. The first-order chi connectivity index (χ1) is 9.60. The van der Waals surface area contributed by atoms with Crippen molar-refractivity contribution in [2.45, 2.75) is 39.7 Å². The maximum atomic E-state index is 5.90. The molecule has 0 radical (unpaired) electrons. The molecule has 0 saturated heterocycles. The van der Waals surface area contributed by atoms with E-state index in [1.54, 1.807) is 6.07 Å². The van der Waals surface area contributed by atoms with Gasteiger partial charge in [-0.15, -0.1) is 0 Å². The van der Waals surface area contributed by atoms with Crippen LogP contribution in [0.2, 0.25) is 5.22 Å². The van der Waals surface area contributed by atoms with Crippen LogP contribution in [-0.2, 0) is 6.42 Å². The Hall–Kier alpha value is -1.25. The smallest absolute Gasteiger partial charge is 0.193 e. The molecule has 0 amide bonds. The Morgan fingerprint density at radius 2 is 2.00 bits per heavy atom. The molecule has 2 rings (SSSR count). The lowest BCUT2D eigenvalue weighted by Crippen LogP contribution is -2.24. The Labute approximate surface area is 126 Å². The summed E-state index contributed by atoms with van der Waals surface area (Å²) in [6.07, 6.45) is 2.01. The number of nitrogens with one attached hydrogen (secondary N) is 1. The van der Waals surface area contributed by atoms with Crippen molar-refractivity contribution < 1.29 is 4.42 Å². The second-order valence-electron chi connectivity index (χ2n) is 5.28. The van der Waals surface area contributed by atoms with E-state index < -0.39 is 0 Å². The summed E-state index contributed by atoms with van der Waals surface area (Å²) in [4.78, 5) is 0. The van der Waals surface area contributed by atoms with Gasteiger partial charge in [-0.2, -0.15) is 0 Å². The van der Waals surface area contributed by atoms with Gasteiger partial charge in [-0.05, 0) is 68.1 Å².